The highest BCUT2D eigenvalue weighted by molar-refractivity contribution is 5.97. The molecular weight excluding hydrogens is 266 g/mol. The van der Waals surface area contributed by atoms with Crippen LogP contribution in [0.4, 0.5) is 5.69 Å². The Balaban J connectivity index is 2.04. The van der Waals surface area contributed by atoms with E-state index in [2.05, 4.69) is 10.6 Å². The molecule has 2 aromatic carbocycles. The molecule has 0 aliphatic rings. The molecule has 2 aromatic rings. The molecule has 0 saturated heterocycles. The molecule has 1 atom stereocenters. The molecule has 4 N–H and O–H groups in total. The maximum atomic E-state index is 12.1. The number of nitrogens with one attached hydrogen (secondary N) is 2. The van der Waals surface area contributed by atoms with Gasteiger partial charge in [0, 0.05) is 18.3 Å². The molecule has 0 unspecified atom stereocenters. The first-order valence-corrected chi connectivity index (χ1v) is 6.55. The predicted molar refractivity (Wildman–Crippen MR) is 81.8 cm³/mol. The van der Waals surface area contributed by atoms with Crippen LogP contribution >= 0.6 is 0 Å². The average molecular weight is 283 g/mol. The number of benzene rings is 2. The number of amides is 2. The molecule has 0 bridgehead atoms. The van der Waals surface area contributed by atoms with Gasteiger partial charge in [-0.15, -0.1) is 0 Å². The molecule has 0 saturated carbocycles. The molecule has 0 heterocycles. The number of rotatable bonds is 4. The summed E-state index contributed by atoms with van der Waals surface area (Å²) in [5.74, 6) is -0.470. The Morgan fingerprint density at radius 3 is 2.19 bits per heavy atom. The summed E-state index contributed by atoms with van der Waals surface area (Å²) < 4.78 is 0. The zero-order valence-electron chi connectivity index (χ0n) is 11.7. The van der Waals surface area contributed by atoms with Crippen LogP contribution in [0.1, 0.15) is 22.0 Å². The second-order valence-corrected chi connectivity index (χ2v) is 4.53. The highest BCUT2D eigenvalue weighted by Gasteiger charge is 2.15. The Morgan fingerprint density at radius 2 is 1.62 bits per heavy atom. The minimum atomic E-state index is -0.732. The van der Waals surface area contributed by atoms with Crippen LogP contribution in [-0.2, 0) is 4.79 Å². The fourth-order valence-electron chi connectivity index (χ4n) is 1.88. The number of anilines is 1. The lowest BCUT2D eigenvalue weighted by Crippen LogP contribution is -2.27. The molecule has 5 nitrogen and oxygen atoms in total. The second-order valence-electron chi connectivity index (χ2n) is 4.53. The van der Waals surface area contributed by atoms with Gasteiger partial charge >= 0.3 is 0 Å². The zero-order chi connectivity index (χ0) is 15.2. The van der Waals surface area contributed by atoms with Gasteiger partial charge in [-0.05, 0) is 29.8 Å². The van der Waals surface area contributed by atoms with E-state index in [0.717, 1.165) is 5.56 Å². The quantitative estimate of drug-likeness (QED) is 0.798. The lowest BCUT2D eigenvalue weighted by molar-refractivity contribution is -0.117. The summed E-state index contributed by atoms with van der Waals surface area (Å²) in [6, 6.07) is 15.0. The topological polar surface area (TPSA) is 84.2 Å². The number of hydrogen-bond donors (Lipinski definition) is 3. The fraction of sp³-hybridized carbons (Fsp3) is 0.125. The molecule has 0 aliphatic heterocycles. The third kappa shape index (κ3) is 3.67. The van der Waals surface area contributed by atoms with Crippen molar-refractivity contribution in [3.8, 4) is 0 Å². The molecule has 0 radical (unpaired) electrons. The summed E-state index contributed by atoms with van der Waals surface area (Å²) in [4.78, 5) is 23.5. The van der Waals surface area contributed by atoms with Crippen LogP contribution in [-0.4, -0.2) is 18.9 Å². The lowest BCUT2D eigenvalue weighted by atomic mass is 10.1. The van der Waals surface area contributed by atoms with Crippen molar-refractivity contribution < 1.29 is 9.59 Å². The van der Waals surface area contributed by atoms with Crippen LogP contribution in [0.3, 0.4) is 0 Å². The summed E-state index contributed by atoms with van der Waals surface area (Å²) in [5, 5.41) is 5.26. The van der Waals surface area contributed by atoms with Gasteiger partial charge in [0.05, 0.1) is 0 Å². The maximum Gasteiger partial charge on any atom is 0.251 e. The van der Waals surface area contributed by atoms with Gasteiger partial charge in [0.25, 0.3) is 5.91 Å². The van der Waals surface area contributed by atoms with Crippen LogP contribution in [0.15, 0.2) is 54.6 Å². The van der Waals surface area contributed by atoms with E-state index in [4.69, 9.17) is 5.73 Å². The molecule has 0 aromatic heterocycles. The maximum absolute atomic E-state index is 12.1. The summed E-state index contributed by atoms with van der Waals surface area (Å²) in [7, 11) is 1.57. The van der Waals surface area contributed by atoms with Crippen molar-refractivity contribution in [3.05, 3.63) is 65.7 Å². The largest absolute Gasteiger partial charge is 0.355 e. The average Bonchev–Trinajstić information content (AvgIpc) is 2.55. The van der Waals surface area contributed by atoms with Crippen molar-refractivity contribution in [1.29, 1.82) is 0 Å². The molecule has 2 rings (SSSR count). The van der Waals surface area contributed by atoms with Gasteiger partial charge in [-0.3, -0.25) is 9.59 Å². The van der Waals surface area contributed by atoms with Crippen LogP contribution in [0, 0.1) is 0 Å². The lowest BCUT2D eigenvalue weighted by Gasteiger charge is -2.12. The van der Waals surface area contributed by atoms with E-state index in [-0.39, 0.29) is 11.8 Å². The SMILES string of the molecule is CNC(=O)c1ccc(NC(=O)[C@H](N)c2ccccc2)cc1. The van der Waals surface area contributed by atoms with Gasteiger partial charge in [0.1, 0.15) is 6.04 Å². The molecule has 108 valence electrons. The van der Waals surface area contributed by atoms with Gasteiger partial charge in [-0.2, -0.15) is 0 Å². The van der Waals surface area contributed by atoms with Gasteiger partial charge in [0.15, 0.2) is 0 Å². The molecule has 2 amide bonds. The number of hydrogen-bond acceptors (Lipinski definition) is 3. The third-order valence-electron chi connectivity index (χ3n) is 3.08. The fourth-order valence-corrected chi connectivity index (χ4v) is 1.88. The van der Waals surface area contributed by atoms with E-state index in [1.165, 1.54) is 0 Å². The van der Waals surface area contributed by atoms with Gasteiger partial charge in [0.2, 0.25) is 5.91 Å². The minimum Gasteiger partial charge on any atom is -0.355 e. The Morgan fingerprint density at radius 1 is 1.00 bits per heavy atom. The molecule has 5 heteroatoms. The molecule has 0 spiro atoms. The Hall–Kier alpha value is -2.66. The number of carbonyl (C=O) groups is 2. The van der Waals surface area contributed by atoms with Gasteiger partial charge < -0.3 is 16.4 Å². The van der Waals surface area contributed by atoms with Crippen molar-refractivity contribution in [3.63, 3.8) is 0 Å². The van der Waals surface area contributed by atoms with Crippen LogP contribution in [0.25, 0.3) is 0 Å². The Labute approximate surface area is 123 Å². The molecule has 21 heavy (non-hydrogen) atoms. The monoisotopic (exact) mass is 283 g/mol. The van der Waals surface area contributed by atoms with Crippen molar-refractivity contribution >= 4 is 17.5 Å². The van der Waals surface area contributed by atoms with Crippen LogP contribution in [0.2, 0.25) is 0 Å². The summed E-state index contributed by atoms with van der Waals surface area (Å²) in [6.07, 6.45) is 0. The first kappa shape index (κ1) is 14.7. The summed E-state index contributed by atoms with van der Waals surface area (Å²) in [6.45, 7) is 0. The van der Waals surface area contributed by atoms with Crippen LogP contribution < -0.4 is 16.4 Å². The Bertz CT molecular complexity index is 624. The van der Waals surface area contributed by atoms with Crippen molar-refractivity contribution in [1.82, 2.24) is 5.32 Å². The van der Waals surface area contributed by atoms with Crippen molar-refractivity contribution in [2.24, 2.45) is 5.73 Å². The standard InChI is InChI=1S/C16H17N3O2/c1-18-15(20)12-7-9-13(10-8-12)19-16(21)14(17)11-5-3-2-4-6-11/h2-10,14H,17H2,1H3,(H,18,20)(H,19,21)/t14-/m1/s1. The van der Waals surface area contributed by atoms with E-state index in [9.17, 15) is 9.59 Å². The Kier molecular flexibility index (Phi) is 4.68. The highest BCUT2D eigenvalue weighted by atomic mass is 16.2. The van der Waals surface area contributed by atoms with E-state index < -0.39 is 6.04 Å². The molecule has 0 fully saturated rings. The first-order chi connectivity index (χ1) is 10.1. The van der Waals surface area contributed by atoms with E-state index >= 15 is 0 Å². The van der Waals surface area contributed by atoms with E-state index in [1.807, 2.05) is 18.2 Å². The second kappa shape index (κ2) is 6.67. The zero-order valence-corrected chi connectivity index (χ0v) is 11.7. The van der Waals surface area contributed by atoms with Crippen molar-refractivity contribution in [2.45, 2.75) is 6.04 Å². The van der Waals surface area contributed by atoms with Crippen molar-refractivity contribution in [2.75, 3.05) is 12.4 Å². The number of nitrogens with two attached hydrogens (primary N) is 1. The third-order valence-corrected chi connectivity index (χ3v) is 3.08. The predicted octanol–water partition coefficient (Wildman–Crippen LogP) is 1.68. The first-order valence-electron chi connectivity index (χ1n) is 6.55. The van der Waals surface area contributed by atoms with E-state index in [0.29, 0.717) is 11.3 Å². The molecule has 0 aliphatic carbocycles. The highest BCUT2D eigenvalue weighted by Crippen LogP contribution is 2.14. The smallest absolute Gasteiger partial charge is 0.251 e. The number of carbonyl (C=O) groups excluding carboxylic acids is 2. The summed E-state index contributed by atoms with van der Waals surface area (Å²) in [5.41, 5.74) is 7.78. The van der Waals surface area contributed by atoms with Gasteiger partial charge in [-0.25, -0.2) is 0 Å². The van der Waals surface area contributed by atoms with Gasteiger partial charge in [-0.1, -0.05) is 30.3 Å². The normalized spacial score (nSPS) is 11.5. The molecular formula is C16H17N3O2. The summed E-state index contributed by atoms with van der Waals surface area (Å²) >= 11 is 0. The van der Waals surface area contributed by atoms with E-state index in [1.54, 1.807) is 43.4 Å². The minimum absolute atomic E-state index is 0.172. The van der Waals surface area contributed by atoms with Crippen LogP contribution in [0.5, 0.6) is 0 Å².